The number of nitrogens with zero attached hydrogens (tertiary/aromatic N) is 1. The molecule has 0 aliphatic carbocycles. The highest BCUT2D eigenvalue weighted by Gasteiger charge is 2.15. The molecule has 18 heavy (non-hydrogen) atoms. The second-order valence-electron chi connectivity index (χ2n) is 3.78. The largest absolute Gasteiger partial charge is 0.481 e. The van der Waals surface area contributed by atoms with E-state index in [9.17, 15) is 14.0 Å². The molecule has 0 spiro atoms. The Bertz CT molecular complexity index is 444. The van der Waals surface area contributed by atoms with E-state index >= 15 is 0 Å². The third-order valence-corrected chi connectivity index (χ3v) is 2.81. The van der Waals surface area contributed by atoms with Gasteiger partial charge in [0.05, 0.1) is 6.42 Å². The molecular formula is C12H13ClFNO3. The Morgan fingerprint density at radius 1 is 1.44 bits per heavy atom. The molecule has 0 saturated heterocycles. The number of aliphatic carboxylic acids is 1. The summed E-state index contributed by atoms with van der Waals surface area (Å²) in [6.45, 7) is 1.29. The summed E-state index contributed by atoms with van der Waals surface area (Å²) in [7, 11) is 0. The van der Waals surface area contributed by atoms with Crippen molar-refractivity contribution in [2.45, 2.75) is 19.9 Å². The number of hydrogen-bond acceptors (Lipinski definition) is 2. The van der Waals surface area contributed by atoms with Gasteiger partial charge < -0.3 is 10.0 Å². The van der Waals surface area contributed by atoms with Crippen molar-refractivity contribution in [3.8, 4) is 0 Å². The first-order valence-corrected chi connectivity index (χ1v) is 5.69. The molecule has 0 fully saturated rings. The fourth-order valence-electron chi connectivity index (χ4n) is 1.45. The molecule has 1 rings (SSSR count). The Hall–Kier alpha value is -1.62. The van der Waals surface area contributed by atoms with Crippen molar-refractivity contribution in [1.29, 1.82) is 0 Å². The van der Waals surface area contributed by atoms with Crippen LogP contribution in [0.2, 0.25) is 5.02 Å². The van der Waals surface area contributed by atoms with Crippen LogP contribution in [0.3, 0.4) is 0 Å². The van der Waals surface area contributed by atoms with Crippen molar-refractivity contribution in [2.24, 2.45) is 0 Å². The first kappa shape index (κ1) is 14.4. The van der Waals surface area contributed by atoms with Gasteiger partial charge in [-0.25, -0.2) is 4.39 Å². The first-order valence-electron chi connectivity index (χ1n) is 5.32. The molecule has 0 aliphatic heterocycles. The number of hydrogen-bond donors (Lipinski definition) is 1. The van der Waals surface area contributed by atoms with Gasteiger partial charge in [-0.15, -0.1) is 0 Å². The summed E-state index contributed by atoms with van der Waals surface area (Å²) in [5.74, 6) is -1.85. The van der Waals surface area contributed by atoms with E-state index in [0.29, 0.717) is 0 Å². The Morgan fingerprint density at radius 3 is 2.61 bits per heavy atom. The molecule has 4 nitrogen and oxygen atoms in total. The molecule has 1 amide bonds. The molecule has 0 bridgehead atoms. The summed E-state index contributed by atoms with van der Waals surface area (Å²) >= 11 is 5.85. The summed E-state index contributed by atoms with van der Waals surface area (Å²) in [4.78, 5) is 23.1. The van der Waals surface area contributed by atoms with Gasteiger partial charge in [-0.1, -0.05) is 17.7 Å². The van der Waals surface area contributed by atoms with Gasteiger partial charge in [-0.2, -0.15) is 0 Å². The zero-order valence-corrected chi connectivity index (χ0v) is 10.6. The highest BCUT2D eigenvalue weighted by Crippen LogP contribution is 2.20. The molecule has 1 aromatic rings. The minimum Gasteiger partial charge on any atom is -0.481 e. The maximum Gasteiger partial charge on any atom is 0.305 e. The van der Waals surface area contributed by atoms with Gasteiger partial charge in [0, 0.05) is 30.6 Å². The SMILES string of the molecule is CC(=O)N(CCC(=O)O)Cc1c(F)cccc1Cl. The number of benzene rings is 1. The Kier molecular flexibility index (Phi) is 5.09. The van der Waals surface area contributed by atoms with Crippen LogP contribution in [-0.2, 0) is 16.1 Å². The number of carboxylic acids is 1. The minimum atomic E-state index is -1.01. The molecule has 0 aliphatic rings. The van der Waals surface area contributed by atoms with Crippen LogP contribution in [0.5, 0.6) is 0 Å². The molecule has 0 saturated carbocycles. The van der Waals surface area contributed by atoms with Crippen LogP contribution >= 0.6 is 11.6 Å². The lowest BCUT2D eigenvalue weighted by Gasteiger charge is -2.21. The Morgan fingerprint density at radius 2 is 2.11 bits per heavy atom. The van der Waals surface area contributed by atoms with E-state index in [2.05, 4.69) is 0 Å². The topological polar surface area (TPSA) is 57.6 Å². The third kappa shape index (κ3) is 4.00. The van der Waals surface area contributed by atoms with E-state index in [4.69, 9.17) is 16.7 Å². The number of amides is 1. The maximum absolute atomic E-state index is 13.5. The van der Waals surface area contributed by atoms with Crippen LogP contribution in [0.25, 0.3) is 0 Å². The number of rotatable bonds is 5. The van der Waals surface area contributed by atoms with Crippen LogP contribution in [0.15, 0.2) is 18.2 Å². The predicted molar refractivity (Wildman–Crippen MR) is 64.8 cm³/mol. The molecule has 1 N–H and O–H groups in total. The normalized spacial score (nSPS) is 10.2. The first-order chi connectivity index (χ1) is 8.41. The quantitative estimate of drug-likeness (QED) is 0.895. The monoisotopic (exact) mass is 273 g/mol. The number of halogens is 2. The average Bonchev–Trinajstić information content (AvgIpc) is 2.26. The lowest BCUT2D eigenvalue weighted by atomic mass is 10.2. The van der Waals surface area contributed by atoms with Crippen molar-refractivity contribution >= 4 is 23.5 Å². The van der Waals surface area contributed by atoms with Gasteiger partial charge in [0.15, 0.2) is 0 Å². The van der Waals surface area contributed by atoms with E-state index in [-0.39, 0.29) is 36.0 Å². The van der Waals surface area contributed by atoms with E-state index in [0.717, 1.165) is 0 Å². The fraction of sp³-hybridized carbons (Fsp3) is 0.333. The van der Waals surface area contributed by atoms with Crippen LogP contribution in [0, 0.1) is 5.82 Å². The summed E-state index contributed by atoms with van der Waals surface area (Å²) in [6.07, 6.45) is -0.189. The van der Waals surface area contributed by atoms with E-state index in [1.165, 1.54) is 30.0 Å². The van der Waals surface area contributed by atoms with Crippen LogP contribution in [-0.4, -0.2) is 28.4 Å². The highest BCUT2D eigenvalue weighted by molar-refractivity contribution is 6.31. The van der Waals surface area contributed by atoms with Gasteiger partial charge >= 0.3 is 5.97 Å². The summed E-state index contributed by atoms with van der Waals surface area (Å²) in [5.41, 5.74) is 0.194. The molecule has 0 unspecified atom stereocenters. The van der Waals surface area contributed by atoms with Gasteiger partial charge in [-0.3, -0.25) is 9.59 Å². The molecule has 1 aromatic carbocycles. The minimum absolute atomic E-state index is 0.0231. The van der Waals surface area contributed by atoms with E-state index in [1.54, 1.807) is 0 Å². The molecule has 0 aromatic heterocycles. The third-order valence-electron chi connectivity index (χ3n) is 2.45. The lowest BCUT2D eigenvalue weighted by Crippen LogP contribution is -2.31. The molecule has 0 radical (unpaired) electrons. The zero-order valence-electron chi connectivity index (χ0n) is 9.82. The van der Waals surface area contributed by atoms with E-state index < -0.39 is 11.8 Å². The maximum atomic E-state index is 13.5. The van der Waals surface area contributed by atoms with Crippen molar-refractivity contribution in [2.75, 3.05) is 6.54 Å². The van der Waals surface area contributed by atoms with Gasteiger partial charge in [0.2, 0.25) is 5.91 Å². The Balaban J connectivity index is 2.83. The second-order valence-corrected chi connectivity index (χ2v) is 4.19. The molecule has 0 heterocycles. The van der Waals surface area contributed by atoms with Gasteiger partial charge in [0.25, 0.3) is 0 Å². The lowest BCUT2D eigenvalue weighted by molar-refractivity contribution is -0.138. The summed E-state index contributed by atoms with van der Waals surface area (Å²) in [5, 5.41) is 8.80. The van der Waals surface area contributed by atoms with E-state index in [1.807, 2.05) is 0 Å². The van der Waals surface area contributed by atoms with Crippen molar-refractivity contribution in [3.05, 3.63) is 34.6 Å². The van der Waals surface area contributed by atoms with Crippen LogP contribution < -0.4 is 0 Å². The number of carbonyl (C=O) groups is 2. The average molecular weight is 274 g/mol. The fourth-order valence-corrected chi connectivity index (χ4v) is 1.68. The predicted octanol–water partition coefficient (Wildman–Crippen LogP) is 2.30. The number of carbonyl (C=O) groups excluding carboxylic acids is 1. The smallest absolute Gasteiger partial charge is 0.305 e. The van der Waals surface area contributed by atoms with Crippen molar-refractivity contribution in [1.82, 2.24) is 4.90 Å². The summed E-state index contributed by atoms with van der Waals surface area (Å²) < 4.78 is 13.5. The number of carboxylic acid groups (broad SMARTS) is 1. The molecular weight excluding hydrogens is 261 g/mol. The summed E-state index contributed by atoms with van der Waals surface area (Å²) in [6, 6.07) is 4.24. The highest BCUT2D eigenvalue weighted by atomic mass is 35.5. The van der Waals surface area contributed by atoms with Crippen molar-refractivity contribution < 1.29 is 19.1 Å². The molecule has 6 heteroatoms. The molecule has 0 atom stereocenters. The second kappa shape index (κ2) is 6.35. The Labute approximate surface area is 109 Å². The standard InChI is InChI=1S/C12H13ClFNO3/c1-8(16)15(6-5-12(17)18)7-9-10(13)3-2-4-11(9)14/h2-4H,5-7H2,1H3,(H,17,18). The van der Waals surface area contributed by atoms with Gasteiger partial charge in [0.1, 0.15) is 5.82 Å². The van der Waals surface area contributed by atoms with Gasteiger partial charge in [-0.05, 0) is 12.1 Å². The van der Waals surface area contributed by atoms with Crippen LogP contribution in [0.1, 0.15) is 18.9 Å². The van der Waals surface area contributed by atoms with Crippen molar-refractivity contribution in [3.63, 3.8) is 0 Å². The zero-order chi connectivity index (χ0) is 13.7. The van der Waals surface area contributed by atoms with Crippen LogP contribution in [0.4, 0.5) is 4.39 Å². The molecule has 98 valence electrons.